The lowest BCUT2D eigenvalue weighted by Crippen LogP contribution is -2.48. The van der Waals surface area contributed by atoms with Crippen molar-refractivity contribution in [2.45, 2.75) is 63.5 Å². The Balaban J connectivity index is 1.63. The van der Waals surface area contributed by atoms with Crippen molar-refractivity contribution in [2.75, 3.05) is 6.79 Å². The third-order valence-corrected chi connectivity index (χ3v) is 5.52. The van der Waals surface area contributed by atoms with E-state index in [1.807, 2.05) is 20.8 Å². The van der Waals surface area contributed by atoms with E-state index in [1.54, 1.807) is 17.0 Å². The molecule has 3 aliphatic heterocycles. The van der Waals surface area contributed by atoms with Crippen molar-refractivity contribution in [2.24, 2.45) is 0 Å². The summed E-state index contributed by atoms with van der Waals surface area (Å²) in [5, 5.41) is 0. The van der Waals surface area contributed by atoms with E-state index in [0.29, 0.717) is 29.0 Å². The molecule has 1 aromatic carbocycles. The summed E-state index contributed by atoms with van der Waals surface area (Å²) in [7, 11) is 0. The second-order valence-corrected chi connectivity index (χ2v) is 8.28. The number of hydrogen-bond donors (Lipinski definition) is 0. The smallest absolute Gasteiger partial charge is 0.413 e. The summed E-state index contributed by atoms with van der Waals surface area (Å²) in [6.07, 6.45) is 1.08. The van der Waals surface area contributed by atoms with Gasteiger partial charge in [0.15, 0.2) is 29.1 Å². The first-order valence-electron chi connectivity index (χ1n) is 8.98. The lowest BCUT2D eigenvalue weighted by atomic mass is 9.85. The van der Waals surface area contributed by atoms with E-state index in [2.05, 4.69) is 0 Å². The summed E-state index contributed by atoms with van der Waals surface area (Å²) >= 11 is 0. The predicted molar refractivity (Wildman–Crippen MR) is 89.2 cm³/mol. The summed E-state index contributed by atoms with van der Waals surface area (Å²) in [6, 6.07) is 3.18. The molecule has 2 unspecified atom stereocenters. The van der Waals surface area contributed by atoms with Crippen LogP contribution in [-0.2, 0) is 9.47 Å². The first-order chi connectivity index (χ1) is 12.3. The van der Waals surface area contributed by atoms with Gasteiger partial charge in [0.25, 0.3) is 0 Å². The molecule has 1 aromatic rings. The molecular formula is C19H21NO6. The van der Waals surface area contributed by atoms with Crippen LogP contribution in [0.3, 0.4) is 0 Å². The van der Waals surface area contributed by atoms with Gasteiger partial charge in [0.1, 0.15) is 5.60 Å². The molecule has 138 valence electrons. The van der Waals surface area contributed by atoms with Crippen molar-refractivity contribution in [3.8, 4) is 11.5 Å². The van der Waals surface area contributed by atoms with Gasteiger partial charge in [-0.1, -0.05) is 0 Å². The highest BCUT2D eigenvalue weighted by Gasteiger charge is 2.66. The number of ketones is 1. The Morgan fingerprint density at radius 1 is 1.27 bits per heavy atom. The summed E-state index contributed by atoms with van der Waals surface area (Å²) < 4.78 is 22.7. The third-order valence-electron chi connectivity index (χ3n) is 5.52. The summed E-state index contributed by atoms with van der Waals surface area (Å²) in [5.74, 6) is 1.06. The molecule has 0 radical (unpaired) electrons. The van der Waals surface area contributed by atoms with Crippen LogP contribution in [0.1, 0.15) is 62.2 Å². The van der Waals surface area contributed by atoms with E-state index >= 15 is 0 Å². The van der Waals surface area contributed by atoms with Crippen molar-refractivity contribution in [3.05, 3.63) is 23.3 Å². The van der Waals surface area contributed by atoms with Crippen molar-refractivity contribution >= 4 is 11.9 Å². The molecular weight excluding hydrogens is 338 g/mol. The molecule has 3 heterocycles. The summed E-state index contributed by atoms with van der Waals surface area (Å²) in [6.45, 7) is 5.61. The zero-order valence-electron chi connectivity index (χ0n) is 15.0. The lowest BCUT2D eigenvalue weighted by Gasteiger charge is -2.31. The Morgan fingerprint density at radius 2 is 2.00 bits per heavy atom. The predicted octanol–water partition coefficient (Wildman–Crippen LogP) is 3.17. The lowest BCUT2D eigenvalue weighted by molar-refractivity contribution is -0.0576. The molecule has 1 aliphatic carbocycles. The molecule has 1 saturated carbocycles. The maximum atomic E-state index is 13.3. The minimum absolute atomic E-state index is 0.0735. The van der Waals surface area contributed by atoms with Gasteiger partial charge in [0.2, 0.25) is 6.79 Å². The van der Waals surface area contributed by atoms with E-state index in [1.165, 1.54) is 0 Å². The molecule has 1 saturated heterocycles. The fraction of sp³-hybridized carbons (Fsp3) is 0.579. The SMILES string of the molecule is CC(C)(C)OC(=O)N1C2CCCC23O[C@@H]1c1cc2c(cc1C3=O)OCO2. The first-order valence-corrected chi connectivity index (χ1v) is 8.98. The van der Waals surface area contributed by atoms with Crippen LogP contribution in [0, 0.1) is 0 Å². The van der Waals surface area contributed by atoms with Crippen LogP contribution in [0.25, 0.3) is 0 Å². The summed E-state index contributed by atoms with van der Waals surface area (Å²) in [4.78, 5) is 27.9. The van der Waals surface area contributed by atoms with Crippen LogP contribution < -0.4 is 9.47 Å². The zero-order valence-corrected chi connectivity index (χ0v) is 15.0. The number of fused-ring (bicyclic) bond motifs is 4. The molecule has 5 rings (SSSR count). The Hall–Kier alpha value is -2.28. The maximum absolute atomic E-state index is 13.3. The van der Waals surface area contributed by atoms with Crippen LogP contribution >= 0.6 is 0 Å². The van der Waals surface area contributed by atoms with Crippen LogP contribution in [0.4, 0.5) is 4.79 Å². The molecule has 2 fully saturated rings. The van der Waals surface area contributed by atoms with Gasteiger partial charge in [0, 0.05) is 11.1 Å². The zero-order chi connectivity index (χ0) is 18.3. The number of amides is 1. The molecule has 0 N–H and O–H groups in total. The average Bonchev–Trinajstić information content (AvgIpc) is 3.22. The van der Waals surface area contributed by atoms with Gasteiger partial charge in [-0.2, -0.15) is 0 Å². The Morgan fingerprint density at radius 3 is 2.73 bits per heavy atom. The maximum Gasteiger partial charge on any atom is 0.413 e. The second-order valence-electron chi connectivity index (χ2n) is 8.28. The first kappa shape index (κ1) is 15.9. The third kappa shape index (κ3) is 1.97. The molecule has 4 aliphatic rings. The number of ether oxygens (including phenoxy) is 4. The monoisotopic (exact) mass is 359 g/mol. The van der Waals surface area contributed by atoms with Crippen LogP contribution in [0.15, 0.2) is 12.1 Å². The van der Waals surface area contributed by atoms with Gasteiger partial charge in [-0.05, 0) is 52.2 Å². The Kier molecular flexibility index (Phi) is 3.01. The minimum atomic E-state index is -0.970. The number of carbonyl (C=O) groups is 2. The molecule has 0 aromatic heterocycles. The van der Waals surface area contributed by atoms with Crippen molar-refractivity contribution < 1.29 is 28.5 Å². The van der Waals surface area contributed by atoms with E-state index < -0.39 is 23.5 Å². The molecule has 3 atom stereocenters. The molecule has 26 heavy (non-hydrogen) atoms. The van der Waals surface area contributed by atoms with Crippen LogP contribution in [-0.4, -0.2) is 40.8 Å². The summed E-state index contributed by atoms with van der Waals surface area (Å²) in [5.41, 5.74) is -0.391. The average molecular weight is 359 g/mol. The highest BCUT2D eigenvalue weighted by Crippen LogP contribution is 2.56. The number of hydrogen-bond acceptors (Lipinski definition) is 6. The number of rotatable bonds is 0. The molecule has 7 nitrogen and oxygen atoms in total. The van der Waals surface area contributed by atoms with E-state index in [4.69, 9.17) is 18.9 Å². The van der Waals surface area contributed by atoms with Crippen molar-refractivity contribution in [3.63, 3.8) is 0 Å². The van der Waals surface area contributed by atoms with E-state index in [-0.39, 0.29) is 18.6 Å². The minimum Gasteiger partial charge on any atom is -0.454 e. The normalized spacial score (nSPS) is 31.0. The van der Waals surface area contributed by atoms with Crippen molar-refractivity contribution in [1.82, 2.24) is 4.90 Å². The topological polar surface area (TPSA) is 74.3 Å². The quantitative estimate of drug-likeness (QED) is 0.708. The molecule has 2 bridgehead atoms. The number of carbonyl (C=O) groups excluding carboxylic acids is 2. The van der Waals surface area contributed by atoms with E-state index in [9.17, 15) is 9.59 Å². The van der Waals surface area contributed by atoms with Gasteiger partial charge >= 0.3 is 6.09 Å². The van der Waals surface area contributed by atoms with Gasteiger partial charge in [-0.25, -0.2) is 4.79 Å². The number of Topliss-reactive ketones (excluding diaryl/α,β-unsaturated/α-hetero) is 1. The number of benzene rings is 1. The fourth-order valence-corrected chi connectivity index (χ4v) is 4.53. The molecule has 1 amide bonds. The van der Waals surface area contributed by atoms with Crippen molar-refractivity contribution in [1.29, 1.82) is 0 Å². The van der Waals surface area contributed by atoms with Crippen LogP contribution in [0.2, 0.25) is 0 Å². The number of nitrogens with zero attached hydrogens (tertiary/aromatic N) is 1. The molecule has 7 heteroatoms. The highest BCUT2D eigenvalue weighted by atomic mass is 16.7. The van der Waals surface area contributed by atoms with Gasteiger partial charge in [-0.3, -0.25) is 9.69 Å². The fourth-order valence-electron chi connectivity index (χ4n) is 4.53. The van der Waals surface area contributed by atoms with E-state index in [0.717, 1.165) is 12.8 Å². The van der Waals surface area contributed by atoms with Gasteiger partial charge < -0.3 is 18.9 Å². The highest BCUT2D eigenvalue weighted by molar-refractivity contribution is 6.07. The largest absolute Gasteiger partial charge is 0.454 e. The standard InChI is InChI=1S/C19H21NO6/c1-18(2,3)26-17(22)20-14-5-4-6-19(14)15(21)10-7-12-13(24-9-23-12)8-11(10)16(20)25-19/h7-8,14,16H,4-6,9H2,1-3H3/t14?,16-,19?/m1/s1. The molecule has 1 spiro atoms. The van der Waals surface area contributed by atoms with Gasteiger partial charge in [0.05, 0.1) is 6.04 Å². The van der Waals surface area contributed by atoms with Crippen LogP contribution in [0.5, 0.6) is 11.5 Å². The Bertz CT molecular complexity index is 828. The second kappa shape index (κ2) is 4.91. The van der Waals surface area contributed by atoms with Gasteiger partial charge in [-0.15, -0.1) is 0 Å². The Labute approximate surface area is 151 Å².